The molecule has 20 heavy (non-hydrogen) atoms. The average Bonchev–Trinajstić information content (AvgIpc) is 2.48. The SMILES string of the molecule is Cc1ccc(-c2ccc([C@@H](O)[C@H](N)CF)cc2)c[n+]1O. The van der Waals surface area contributed by atoms with Crippen molar-refractivity contribution in [3.05, 3.63) is 53.9 Å². The highest BCUT2D eigenvalue weighted by Gasteiger charge is 2.17. The van der Waals surface area contributed by atoms with Crippen LogP contribution in [-0.2, 0) is 0 Å². The maximum absolute atomic E-state index is 12.4. The van der Waals surface area contributed by atoms with Crippen molar-refractivity contribution in [3.8, 4) is 11.1 Å². The third-order valence-electron chi connectivity index (χ3n) is 3.30. The van der Waals surface area contributed by atoms with Crippen LogP contribution < -0.4 is 10.5 Å². The first kappa shape index (κ1) is 14.4. The number of aliphatic hydroxyl groups is 1. The van der Waals surface area contributed by atoms with Crippen molar-refractivity contribution in [2.75, 3.05) is 6.67 Å². The predicted octanol–water partition coefficient (Wildman–Crippen LogP) is 1.52. The molecule has 4 N–H and O–H groups in total. The molecule has 106 valence electrons. The fourth-order valence-corrected chi connectivity index (χ4v) is 1.94. The molecule has 0 fully saturated rings. The largest absolute Gasteiger partial charge is 0.387 e. The number of rotatable bonds is 4. The van der Waals surface area contributed by atoms with Crippen LogP contribution in [0, 0.1) is 6.92 Å². The zero-order valence-corrected chi connectivity index (χ0v) is 11.2. The maximum Gasteiger partial charge on any atom is 0.231 e. The fourth-order valence-electron chi connectivity index (χ4n) is 1.94. The number of halogens is 1. The Labute approximate surface area is 116 Å². The monoisotopic (exact) mass is 277 g/mol. The standard InChI is InChI=1S/C15H18FN2O2/c1-10-2-3-13(9-18(10)20)11-4-6-12(7-5-11)15(19)14(17)8-16/h2-7,9,14-15,19-20H,8,17H2,1H3/q+1/t14-,15-/m1/s1. The van der Waals surface area contributed by atoms with E-state index in [9.17, 15) is 14.7 Å². The smallest absolute Gasteiger partial charge is 0.231 e. The van der Waals surface area contributed by atoms with Crippen LogP contribution in [0.5, 0.6) is 0 Å². The first-order valence-electron chi connectivity index (χ1n) is 6.34. The second kappa shape index (κ2) is 5.98. The fraction of sp³-hybridized carbons (Fsp3) is 0.267. The summed E-state index contributed by atoms with van der Waals surface area (Å²) in [7, 11) is 0. The van der Waals surface area contributed by atoms with E-state index in [-0.39, 0.29) is 0 Å². The summed E-state index contributed by atoms with van der Waals surface area (Å²) in [6.45, 7) is 1.02. The number of alkyl halides is 1. The number of aromatic nitrogens is 1. The number of aryl methyl sites for hydroxylation is 1. The summed E-state index contributed by atoms with van der Waals surface area (Å²) in [6.07, 6.45) is 0.587. The Morgan fingerprint density at radius 1 is 1.15 bits per heavy atom. The number of pyridine rings is 1. The summed E-state index contributed by atoms with van der Waals surface area (Å²) in [5.41, 5.74) is 8.50. The molecule has 0 aliphatic carbocycles. The van der Waals surface area contributed by atoms with Crippen LogP contribution in [0.2, 0.25) is 0 Å². The van der Waals surface area contributed by atoms with Gasteiger partial charge in [-0.1, -0.05) is 24.3 Å². The molecule has 1 heterocycles. The minimum atomic E-state index is -1.02. The predicted molar refractivity (Wildman–Crippen MR) is 72.9 cm³/mol. The minimum Gasteiger partial charge on any atom is -0.387 e. The van der Waals surface area contributed by atoms with Gasteiger partial charge in [0.15, 0.2) is 0 Å². The third-order valence-corrected chi connectivity index (χ3v) is 3.30. The average molecular weight is 277 g/mol. The van der Waals surface area contributed by atoms with E-state index in [4.69, 9.17) is 5.73 Å². The Bertz CT molecular complexity index is 587. The van der Waals surface area contributed by atoms with E-state index in [0.29, 0.717) is 5.56 Å². The number of benzene rings is 1. The Hall–Kier alpha value is -1.98. The molecule has 0 saturated heterocycles. The van der Waals surface area contributed by atoms with E-state index < -0.39 is 18.8 Å². The zero-order chi connectivity index (χ0) is 14.7. The van der Waals surface area contributed by atoms with E-state index >= 15 is 0 Å². The van der Waals surface area contributed by atoms with Gasteiger partial charge in [-0.15, -0.1) is 0 Å². The summed E-state index contributed by atoms with van der Waals surface area (Å²) in [5.74, 6) is 0. The molecule has 1 aromatic heterocycles. The lowest BCUT2D eigenvalue weighted by Gasteiger charge is -2.16. The number of aliphatic hydroxyl groups excluding tert-OH is 1. The van der Waals surface area contributed by atoms with Gasteiger partial charge in [0, 0.05) is 17.7 Å². The quantitative estimate of drug-likeness (QED) is 0.586. The summed E-state index contributed by atoms with van der Waals surface area (Å²) in [5, 5.41) is 19.4. The molecule has 0 bridgehead atoms. The molecule has 0 radical (unpaired) electrons. The second-order valence-corrected chi connectivity index (χ2v) is 4.79. The van der Waals surface area contributed by atoms with Gasteiger partial charge < -0.3 is 10.8 Å². The molecule has 2 aromatic rings. The summed E-state index contributed by atoms with van der Waals surface area (Å²) in [6, 6.07) is 9.79. The molecule has 5 heteroatoms. The van der Waals surface area contributed by atoms with Gasteiger partial charge in [-0.05, 0) is 17.2 Å². The van der Waals surface area contributed by atoms with Crippen LogP contribution in [0.15, 0.2) is 42.6 Å². The molecule has 0 unspecified atom stereocenters. The van der Waals surface area contributed by atoms with Gasteiger partial charge in [0.25, 0.3) is 0 Å². The first-order chi connectivity index (χ1) is 9.52. The first-order valence-corrected chi connectivity index (χ1v) is 6.34. The van der Waals surface area contributed by atoms with Crippen molar-refractivity contribution in [2.24, 2.45) is 5.73 Å². The third kappa shape index (κ3) is 2.95. The Morgan fingerprint density at radius 2 is 1.75 bits per heavy atom. The van der Waals surface area contributed by atoms with E-state index in [0.717, 1.165) is 21.6 Å². The van der Waals surface area contributed by atoms with Crippen molar-refractivity contribution in [2.45, 2.75) is 19.1 Å². The highest BCUT2D eigenvalue weighted by molar-refractivity contribution is 5.62. The number of nitrogens with two attached hydrogens (primary N) is 1. The summed E-state index contributed by atoms with van der Waals surface area (Å²) in [4.78, 5) is 0. The minimum absolute atomic E-state index is 0.572. The van der Waals surface area contributed by atoms with Crippen LogP contribution >= 0.6 is 0 Å². The van der Waals surface area contributed by atoms with E-state index in [1.54, 1.807) is 43.5 Å². The Kier molecular flexibility index (Phi) is 4.32. The van der Waals surface area contributed by atoms with E-state index in [2.05, 4.69) is 0 Å². The molecule has 2 atom stereocenters. The van der Waals surface area contributed by atoms with Crippen molar-refractivity contribution in [1.82, 2.24) is 0 Å². The number of nitrogens with zero attached hydrogens (tertiary/aromatic N) is 1. The van der Waals surface area contributed by atoms with Crippen LogP contribution in [0.25, 0.3) is 11.1 Å². The van der Waals surface area contributed by atoms with Gasteiger partial charge in [-0.25, -0.2) is 4.39 Å². The van der Waals surface area contributed by atoms with Crippen molar-refractivity contribution >= 4 is 0 Å². The van der Waals surface area contributed by atoms with Crippen molar-refractivity contribution in [1.29, 1.82) is 0 Å². The second-order valence-electron chi connectivity index (χ2n) is 4.79. The van der Waals surface area contributed by atoms with Gasteiger partial charge >= 0.3 is 0 Å². The molecular formula is C15H18FN2O2+. The normalized spacial score (nSPS) is 14.0. The molecule has 0 amide bonds. The van der Waals surface area contributed by atoms with Crippen LogP contribution in [0.1, 0.15) is 17.4 Å². The van der Waals surface area contributed by atoms with Crippen LogP contribution in [-0.4, -0.2) is 23.0 Å². The van der Waals surface area contributed by atoms with Crippen LogP contribution in [0.3, 0.4) is 0 Å². The maximum atomic E-state index is 12.4. The molecule has 0 spiro atoms. The van der Waals surface area contributed by atoms with Crippen molar-refractivity contribution in [3.63, 3.8) is 0 Å². The van der Waals surface area contributed by atoms with Gasteiger partial charge in [0.2, 0.25) is 11.9 Å². The van der Waals surface area contributed by atoms with Gasteiger partial charge in [0.1, 0.15) is 6.67 Å². The number of hydrogen-bond acceptors (Lipinski definition) is 3. The summed E-state index contributed by atoms with van der Waals surface area (Å²) < 4.78 is 13.5. The van der Waals surface area contributed by atoms with E-state index in [1.807, 2.05) is 6.07 Å². The molecule has 2 rings (SSSR count). The number of hydrogen-bond donors (Lipinski definition) is 3. The zero-order valence-electron chi connectivity index (χ0n) is 11.2. The Morgan fingerprint density at radius 3 is 2.30 bits per heavy atom. The summed E-state index contributed by atoms with van der Waals surface area (Å²) >= 11 is 0. The molecule has 4 nitrogen and oxygen atoms in total. The molecule has 0 saturated carbocycles. The van der Waals surface area contributed by atoms with Gasteiger partial charge in [-0.2, -0.15) is 0 Å². The molecule has 0 aliphatic heterocycles. The van der Waals surface area contributed by atoms with E-state index in [1.165, 1.54) is 0 Å². The lowest BCUT2D eigenvalue weighted by Crippen LogP contribution is -2.33. The molecule has 0 aliphatic rings. The highest BCUT2D eigenvalue weighted by atomic mass is 19.1. The lowest BCUT2D eigenvalue weighted by atomic mass is 10.00. The topological polar surface area (TPSA) is 70.4 Å². The van der Waals surface area contributed by atoms with Crippen LogP contribution in [0.4, 0.5) is 4.39 Å². The Balaban J connectivity index is 2.25. The molecular weight excluding hydrogens is 259 g/mol. The lowest BCUT2D eigenvalue weighted by molar-refractivity contribution is -0.908. The highest BCUT2D eigenvalue weighted by Crippen LogP contribution is 2.22. The molecule has 1 aromatic carbocycles. The van der Waals surface area contributed by atoms with Gasteiger partial charge in [-0.3, -0.25) is 5.21 Å². The van der Waals surface area contributed by atoms with Gasteiger partial charge in [0.05, 0.1) is 17.7 Å². The van der Waals surface area contributed by atoms with Crippen molar-refractivity contribution < 1.29 is 19.4 Å².